The summed E-state index contributed by atoms with van der Waals surface area (Å²) in [6.45, 7) is 4.00. The highest BCUT2D eigenvalue weighted by atomic mass is 32.2. The van der Waals surface area contributed by atoms with E-state index < -0.39 is 26.0 Å². The van der Waals surface area contributed by atoms with Crippen molar-refractivity contribution < 1.29 is 25.6 Å². The van der Waals surface area contributed by atoms with Crippen molar-refractivity contribution in [3.8, 4) is 5.75 Å². The fourth-order valence-corrected chi connectivity index (χ4v) is 4.13. The van der Waals surface area contributed by atoms with E-state index in [1.54, 1.807) is 36.4 Å². The van der Waals surface area contributed by atoms with Crippen molar-refractivity contribution in [3.63, 3.8) is 0 Å². The van der Waals surface area contributed by atoms with Gasteiger partial charge in [0.25, 0.3) is 10.1 Å². The largest absolute Gasteiger partial charge is 0.398 e. The zero-order valence-corrected chi connectivity index (χ0v) is 17.0. The third-order valence-electron chi connectivity index (χ3n) is 3.61. The Morgan fingerprint density at radius 2 is 1.57 bits per heavy atom. The Hall–Kier alpha value is -2.62. The standard InChI is InChI=1S/C17H15NO6S2.C2H6/c18-15-8-4-5-13-9-12(11-25(19,20)21)10-16(17(13)15)24-26(22,23)14-6-2-1-3-7-14;1-2/h1-10H,11,18H2,(H,19,20,21);1-2H3. The maximum atomic E-state index is 12.5. The van der Waals surface area contributed by atoms with E-state index in [4.69, 9.17) is 14.5 Å². The molecule has 7 nitrogen and oxygen atoms in total. The smallest absolute Gasteiger partial charge is 0.339 e. The monoisotopic (exact) mass is 423 g/mol. The van der Waals surface area contributed by atoms with E-state index in [9.17, 15) is 16.8 Å². The Labute approximate surface area is 164 Å². The van der Waals surface area contributed by atoms with Gasteiger partial charge < -0.3 is 9.92 Å². The molecule has 28 heavy (non-hydrogen) atoms. The third kappa shape index (κ3) is 5.22. The Balaban J connectivity index is 0.00000136. The van der Waals surface area contributed by atoms with Crippen LogP contribution >= 0.6 is 0 Å². The van der Waals surface area contributed by atoms with Crippen molar-refractivity contribution >= 4 is 36.7 Å². The molecule has 0 saturated heterocycles. The van der Waals surface area contributed by atoms with Crippen LogP contribution in [0.5, 0.6) is 5.75 Å². The summed E-state index contributed by atoms with van der Waals surface area (Å²) in [5, 5.41) is 0.829. The van der Waals surface area contributed by atoms with E-state index >= 15 is 0 Å². The van der Waals surface area contributed by atoms with Crippen LogP contribution in [-0.4, -0.2) is 21.4 Å². The minimum absolute atomic E-state index is 0.0529. The molecule has 0 spiro atoms. The lowest BCUT2D eigenvalue weighted by atomic mass is 10.1. The summed E-state index contributed by atoms with van der Waals surface area (Å²) in [5.74, 6) is -0.789. The van der Waals surface area contributed by atoms with Gasteiger partial charge in [-0.05, 0) is 41.3 Å². The molecule has 3 N–H and O–H groups in total. The lowest BCUT2D eigenvalue weighted by Crippen LogP contribution is -2.11. The average Bonchev–Trinajstić information content (AvgIpc) is 2.62. The van der Waals surface area contributed by atoms with Crippen molar-refractivity contribution in [2.45, 2.75) is 24.5 Å². The van der Waals surface area contributed by atoms with E-state index in [0.29, 0.717) is 10.8 Å². The Morgan fingerprint density at radius 3 is 2.18 bits per heavy atom. The molecule has 0 radical (unpaired) electrons. The lowest BCUT2D eigenvalue weighted by molar-refractivity contribution is 0.482. The molecule has 0 bridgehead atoms. The summed E-state index contributed by atoms with van der Waals surface area (Å²) in [6, 6.07) is 15.1. The van der Waals surface area contributed by atoms with Crippen LogP contribution < -0.4 is 9.92 Å². The molecule has 3 aromatic rings. The van der Waals surface area contributed by atoms with Gasteiger partial charge in [0.05, 0.1) is 0 Å². The van der Waals surface area contributed by atoms with Gasteiger partial charge in [0.15, 0.2) is 5.75 Å². The molecule has 0 fully saturated rings. The molecule has 9 heteroatoms. The van der Waals surface area contributed by atoms with Crippen LogP contribution in [0.3, 0.4) is 0 Å². The first kappa shape index (κ1) is 21.7. The molecular weight excluding hydrogens is 402 g/mol. The zero-order chi connectivity index (χ0) is 20.9. The number of fused-ring (bicyclic) bond motifs is 1. The maximum absolute atomic E-state index is 12.5. The molecule has 0 heterocycles. The molecule has 0 amide bonds. The second-order valence-electron chi connectivity index (χ2n) is 5.62. The first-order valence-corrected chi connectivity index (χ1v) is 11.4. The average molecular weight is 424 g/mol. The number of rotatable bonds is 5. The number of nitrogens with two attached hydrogens (primary N) is 1. The second-order valence-corrected chi connectivity index (χ2v) is 8.61. The fourth-order valence-electron chi connectivity index (χ4n) is 2.59. The van der Waals surface area contributed by atoms with Gasteiger partial charge in [-0.2, -0.15) is 16.8 Å². The highest BCUT2D eigenvalue weighted by Crippen LogP contribution is 2.34. The van der Waals surface area contributed by atoms with Gasteiger partial charge in [-0.25, -0.2) is 0 Å². The molecule has 0 aliphatic heterocycles. The number of benzene rings is 3. The van der Waals surface area contributed by atoms with E-state index in [1.165, 1.54) is 24.3 Å². The number of nitrogen functional groups attached to an aromatic ring is 1. The molecule has 0 saturated carbocycles. The van der Waals surface area contributed by atoms with E-state index in [0.717, 1.165) is 0 Å². The Kier molecular flexibility index (Phi) is 6.65. The van der Waals surface area contributed by atoms with Gasteiger partial charge in [0.2, 0.25) is 0 Å². The van der Waals surface area contributed by atoms with E-state index in [2.05, 4.69) is 0 Å². The van der Waals surface area contributed by atoms with Gasteiger partial charge in [0, 0.05) is 11.1 Å². The summed E-state index contributed by atoms with van der Waals surface area (Å²) in [5.41, 5.74) is 6.40. The van der Waals surface area contributed by atoms with Crippen LogP contribution in [0.1, 0.15) is 19.4 Å². The molecule has 3 aromatic carbocycles. The van der Waals surface area contributed by atoms with Crippen LogP contribution in [0.25, 0.3) is 10.8 Å². The van der Waals surface area contributed by atoms with Crippen LogP contribution in [0.4, 0.5) is 5.69 Å². The Morgan fingerprint density at radius 1 is 0.929 bits per heavy atom. The van der Waals surface area contributed by atoms with Crippen LogP contribution in [0.15, 0.2) is 65.6 Å². The quantitative estimate of drug-likeness (QED) is 0.365. The molecule has 0 aliphatic carbocycles. The second kappa shape index (κ2) is 8.59. The van der Waals surface area contributed by atoms with E-state index in [-0.39, 0.29) is 21.9 Å². The van der Waals surface area contributed by atoms with Gasteiger partial charge >= 0.3 is 10.1 Å². The zero-order valence-electron chi connectivity index (χ0n) is 15.4. The van der Waals surface area contributed by atoms with Crippen LogP contribution in [0.2, 0.25) is 0 Å². The molecule has 150 valence electrons. The molecule has 0 unspecified atom stereocenters. The summed E-state index contributed by atoms with van der Waals surface area (Å²) >= 11 is 0. The predicted octanol–water partition coefficient (Wildman–Crippen LogP) is 3.60. The third-order valence-corrected chi connectivity index (χ3v) is 5.56. The van der Waals surface area contributed by atoms with Crippen molar-refractivity contribution in [2.24, 2.45) is 0 Å². The van der Waals surface area contributed by atoms with Crippen LogP contribution in [-0.2, 0) is 26.0 Å². The SMILES string of the molecule is CC.Nc1cccc2cc(CS(=O)(=O)O)cc(OS(=O)(=O)c3ccccc3)c12. The first-order chi connectivity index (χ1) is 13.2. The topological polar surface area (TPSA) is 124 Å². The van der Waals surface area contributed by atoms with Gasteiger partial charge in [-0.15, -0.1) is 0 Å². The lowest BCUT2D eigenvalue weighted by Gasteiger charge is -2.13. The van der Waals surface area contributed by atoms with Crippen LogP contribution in [0, 0.1) is 0 Å². The number of hydrogen-bond donors (Lipinski definition) is 2. The highest BCUT2D eigenvalue weighted by molar-refractivity contribution is 7.87. The van der Waals surface area contributed by atoms with Crippen molar-refractivity contribution in [1.29, 1.82) is 0 Å². The summed E-state index contributed by atoms with van der Waals surface area (Å²) in [6.07, 6.45) is 0. The summed E-state index contributed by atoms with van der Waals surface area (Å²) < 4.78 is 61.8. The molecule has 0 atom stereocenters. The number of anilines is 1. The molecule has 0 aromatic heterocycles. The van der Waals surface area contributed by atoms with Gasteiger partial charge in [-0.1, -0.05) is 44.2 Å². The first-order valence-electron chi connectivity index (χ1n) is 8.41. The van der Waals surface area contributed by atoms with Crippen molar-refractivity contribution in [2.75, 3.05) is 5.73 Å². The highest BCUT2D eigenvalue weighted by Gasteiger charge is 2.20. The van der Waals surface area contributed by atoms with Gasteiger partial charge in [0.1, 0.15) is 10.6 Å². The van der Waals surface area contributed by atoms with Crippen molar-refractivity contribution in [1.82, 2.24) is 0 Å². The molecule has 3 rings (SSSR count). The minimum Gasteiger partial charge on any atom is -0.398 e. The summed E-state index contributed by atoms with van der Waals surface area (Å²) in [4.78, 5) is -0.0529. The fraction of sp³-hybridized carbons (Fsp3) is 0.158. The molecular formula is C19H21NO6S2. The van der Waals surface area contributed by atoms with Crippen molar-refractivity contribution in [3.05, 3.63) is 66.2 Å². The van der Waals surface area contributed by atoms with E-state index in [1.807, 2.05) is 13.8 Å². The normalized spacial score (nSPS) is 11.5. The summed E-state index contributed by atoms with van der Waals surface area (Å²) in [7, 11) is -8.45. The maximum Gasteiger partial charge on any atom is 0.339 e. The van der Waals surface area contributed by atoms with Gasteiger partial charge in [-0.3, -0.25) is 4.55 Å². The predicted molar refractivity (Wildman–Crippen MR) is 109 cm³/mol. The minimum atomic E-state index is -4.30. The molecule has 0 aliphatic rings. The number of hydrogen-bond acceptors (Lipinski definition) is 6. The Bertz CT molecular complexity index is 1170.